The normalized spacial score (nSPS) is 11.5. The van der Waals surface area contributed by atoms with Crippen LogP contribution in [-0.4, -0.2) is 18.1 Å². The van der Waals surface area contributed by atoms with Crippen molar-refractivity contribution in [1.82, 2.24) is 0 Å². The van der Waals surface area contributed by atoms with Crippen LogP contribution < -0.4 is 4.74 Å². The molecule has 148 valence electrons. The van der Waals surface area contributed by atoms with Crippen molar-refractivity contribution in [1.29, 1.82) is 0 Å². The summed E-state index contributed by atoms with van der Waals surface area (Å²) in [6.45, 7) is 2.21. The summed E-state index contributed by atoms with van der Waals surface area (Å²) >= 11 is 0. The van der Waals surface area contributed by atoms with Gasteiger partial charge in [0.25, 0.3) is 10.1 Å². The Morgan fingerprint density at radius 1 is 0.889 bits per heavy atom. The van der Waals surface area contributed by atoms with E-state index in [4.69, 9.17) is 9.29 Å². The highest BCUT2D eigenvalue weighted by Crippen LogP contribution is 2.30. The number of benzene rings is 2. The van der Waals surface area contributed by atoms with Crippen LogP contribution in [0.1, 0.15) is 57.4 Å². The lowest BCUT2D eigenvalue weighted by Crippen LogP contribution is -1.98. The van der Waals surface area contributed by atoms with Gasteiger partial charge in [0.05, 0.1) is 4.90 Å². The zero-order chi connectivity index (χ0) is 19.7. The molecule has 2 aromatic carbocycles. The van der Waals surface area contributed by atoms with Crippen LogP contribution in [0.2, 0.25) is 0 Å². The fourth-order valence-electron chi connectivity index (χ4n) is 2.94. The summed E-state index contributed by atoms with van der Waals surface area (Å²) in [5.41, 5.74) is 0.919. The molecule has 2 rings (SSSR count). The molecular weight excluding hydrogens is 364 g/mol. The first-order chi connectivity index (χ1) is 12.9. The summed E-state index contributed by atoms with van der Waals surface area (Å²) in [6, 6.07) is 10.6. The van der Waals surface area contributed by atoms with Gasteiger partial charge in [-0.25, -0.2) is 0 Å². The summed E-state index contributed by atoms with van der Waals surface area (Å²) in [5, 5.41) is 9.78. The zero-order valence-corrected chi connectivity index (χ0v) is 16.5. The van der Waals surface area contributed by atoms with Gasteiger partial charge >= 0.3 is 0 Å². The molecule has 0 bridgehead atoms. The Morgan fingerprint density at radius 3 is 2.15 bits per heavy atom. The second-order valence-electron chi connectivity index (χ2n) is 6.71. The quantitative estimate of drug-likeness (QED) is 0.377. The highest BCUT2D eigenvalue weighted by Gasteiger charge is 2.11. The van der Waals surface area contributed by atoms with Gasteiger partial charge < -0.3 is 9.84 Å². The molecule has 0 fully saturated rings. The van der Waals surface area contributed by atoms with Gasteiger partial charge in [-0.2, -0.15) is 8.42 Å². The molecule has 0 aliphatic carbocycles. The molecule has 2 aromatic rings. The molecular formula is C21H28O5S. The summed E-state index contributed by atoms with van der Waals surface area (Å²) in [6.07, 6.45) is 9.27. The molecule has 0 unspecified atom stereocenters. The molecule has 0 spiro atoms. The second kappa shape index (κ2) is 10.3. The maximum atomic E-state index is 11.1. The van der Waals surface area contributed by atoms with E-state index in [1.165, 1.54) is 56.4 Å². The third-order valence-corrected chi connectivity index (χ3v) is 5.31. The lowest BCUT2D eigenvalue weighted by atomic mass is 10.0. The topological polar surface area (TPSA) is 83.8 Å². The van der Waals surface area contributed by atoms with E-state index < -0.39 is 10.1 Å². The van der Waals surface area contributed by atoms with Crippen molar-refractivity contribution >= 4 is 10.1 Å². The summed E-state index contributed by atoms with van der Waals surface area (Å²) in [4.78, 5) is -0.177. The third-order valence-electron chi connectivity index (χ3n) is 4.44. The molecule has 0 atom stereocenters. The van der Waals surface area contributed by atoms with E-state index in [1.807, 2.05) is 0 Å². The SMILES string of the molecule is CCCCCCCCCc1cc(O)ccc1Oc1ccc(S(=O)(=O)O)cc1. The molecule has 0 saturated carbocycles. The lowest BCUT2D eigenvalue weighted by Gasteiger charge is -2.12. The Balaban J connectivity index is 1.96. The fraction of sp³-hybridized carbons (Fsp3) is 0.429. The summed E-state index contributed by atoms with van der Waals surface area (Å²) in [5.74, 6) is 1.30. The number of ether oxygens (including phenoxy) is 1. The van der Waals surface area contributed by atoms with Crippen LogP contribution in [-0.2, 0) is 16.5 Å². The van der Waals surface area contributed by atoms with Crippen molar-refractivity contribution in [3.8, 4) is 17.2 Å². The van der Waals surface area contributed by atoms with Gasteiger partial charge in [-0.1, -0.05) is 45.4 Å². The van der Waals surface area contributed by atoms with Gasteiger partial charge in [0.1, 0.15) is 17.2 Å². The number of aromatic hydroxyl groups is 1. The Morgan fingerprint density at radius 2 is 1.52 bits per heavy atom. The number of hydrogen-bond donors (Lipinski definition) is 2. The first-order valence-electron chi connectivity index (χ1n) is 9.47. The third kappa shape index (κ3) is 7.23. The molecule has 5 nitrogen and oxygen atoms in total. The Kier molecular flexibility index (Phi) is 8.13. The Bertz CT molecular complexity index is 813. The predicted molar refractivity (Wildman–Crippen MR) is 106 cm³/mol. The highest BCUT2D eigenvalue weighted by atomic mass is 32.2. The van der Waals surface area contributed by atoms with Gasteiger partial charge in [-0.3, -0.25) is 4.55 Å². The number of phenolic OH excluding ortho intramolecular Hbond substituents is 1. The molecule has 0 radical (unpaired) electrons. The van der Waals surface area contributed by atoms with E-state index >= 15 is 0 Å². The number of phenols is 1. The largest absolute Gasteiger partial charge is 0.508 e. The average molecular weight is 393 g/mol. The molecule has 27 heavy (non-hydrogen) atoms. The molecule has 0 aromatic heterocycles. The summed E-state index contributed by atoms with van der Waals surface area (Å²) in [7, 11) is -4.22. The van der Waals surface area contributed by atoms with Crippen LogP contribution in [0.3, 0.4) is 0 Å². The van der Waals surface area contributed by atoms with Crippen molar-refractivity contribution in [2.75, 3.05) is 0 Å². The number of unbranched alkanes of at least 4 members (excludes halogenated alkanes) is 6. The van der Waals surface area contributed by atoms with Crippen molar-refractivity contribution in [3.05, 3.63) is 48.0 Å². The van der Waals surface area contributed by atoms with E-state index in [0.717, 1.165) is 24.8 Å². The van der Waals surface area contributed by atoms with Gasteiger partial charge in [0.15, 0.2) is 0 Å². The zero-order valence-electron chi connectivity index (χ0n) is 15.7. The van der Waals surface area contributed by atoms with Gasteiger partial charge in [-0.05, 0) is 60.9 Å². The molecule has 0 heterocycles. The standard InChI is InChI=1S/C21H28O5S/c1-2-3-4-5-6-7-8-9-17-16-18(22)10-15-21(17)26-19-11-13-20(14-12-19)27(23,24)25/h10-16,22H,2-9H2,1H3,(H,23,24,25). The van der Waals surface area contributed by atoms with Gasteiger partial charge in [0.2, 0.25) is 0 Å². The molecule has 0 saturated heterocycles. The fourth-order valence-corrected chi connectivity index (χ4v) is 3.42. The van der Waals surface area contributed by atoms with Crippen LogP contribution in [0.15, 0.2) is 47.4 Å². The minimum Gasteiger partial charge on any atom is -0.508 e. The predicted octanol–water partition coefficient (Wildman–Crippen LogP) is 5.72. The maximum absolute atomic E-state index is 11.1. The minimum atomic E-state index is -4.22. The van der Waals surface area contributed by atoms with Crippen molar-refractivity contribution in [3.63, 3.8) is 0 Å². The number of hydrogen-bond acceptors (Lipinski definition) is 4. The van der Waals surface area contributed by atoms with Crippen LogP contribution in [0.5, 0.6) is 17.2 Å². The molecule has 2 N–H and O–H groups in total. The van der Waals surface area contributed by atoms with Gasteiger partial charge in [0, 0.05) is 0 Å². The first-order valence-corrected chi connectivity index (χ1v) is 10.9. The first kappa shape index (κ1) is 21.3. The van der Waals surface area contributed by atoms with Crippen molar-refractivity contribution < 1.29 is 22.8 Å². The number of aryl methyl sites for hydroxylation is 1. The average Bonchev–Trinajstić information content (AvgIpc) is 2.63. The molecule has 0 amide bonds. The second-order valence-corrected chi connectivity index (χ2v) is 8.13. The maximum Gasteiger partial charge on any atom is 0.294 e. The van der Waals surface area contributed by atoms with E-state index in [0.29, 0.717) is 11.5 Å². The van der Waals surface area contributed by atoms with Crippen LogP contribution in [0.4, 0.5) is 0 Å². The van der Waals surface area contributed by atoms with Crippen molar-refractivity contribution in [2.45, 2.75) is 63.2 Å². The monoisotopic (exact) mass is 392 g/mol. The lowest BCUT2D eigenvalue weighted by molar-refractivity contribution is 0.457. The minimum absolute atomic E-state index is 0.177. The smallest absolute Gasteiger partial charge is 0.294 e. The van der Waals surface area contributed by atoms with E-state index in [9.17, 15) is 13.5 Å². The van der Waals surface area contributed by atoms with Crippen molar-refractivity contribution in [2.24, 2.45) is 0 Å². The van der Waals surface area contributed by atoms with Crippen LogP contribution in [0, 0.1) is 0 Å². The molecule has 0 aliphatic rings. The van der Waals surface area contributed by atoms with Crippen LogP contribution >= 0.6 is 0 Å². The molecule has 0 aliphatic heterocycles. The van der Waals surface area contributed by atoms with E-state index in [-0.39, 0.29) is 10.6 Å². The highest BCUT2D eigenvalue weighted by molar-refractivity contribution is 7.85. The summed E-state index contributed by atoms with van der Waals surface area (Å²) < 4.78 is 37.1. The van der Waals surface area contributed by atoms with Crippen LogP contribution in [0.25, 0.3) is 0 Å². The number of rotatable bonds is 11. The molecule has 6 heteroatoms. The Labute approximate surface area is 161 Å². The van der Waals surface area contributed by atoms with Gasteiger partial charge in [-0.15, -0.1) is 0 Å². The van der Waals surface area contributed by atoms with E-state index in [2.05, 4.69) is 6.92 Å². The Hall–Kier alpha value is -2.05. The van der Waals surface area contributed by atoms with E-state index in [1.54, 1.807) is 18.2 Å².